The molecule has 7 nitrogen and oxygen atoms in total. The Kier molecular flexibility index (Phi) is 5.49. The van der Waals surface area contributed by atoms with Crippen LogP contribution >= 0.6 is 0 Å². The van der Waals surface area contributed by atoms with E-state index in [1.165, 1.54) is 0 Å². The SMILES string of the molecule is O=C(Nc1nc(CCCO)cn1-c1ccccc1)c1cccc(-c2cn[nH]c2)c1. The molecule has 3 N–H and O–H groups in total. The molecule has 0 aliphatic carbocycles. The lowest BCUT2D eigenvalue weighted by molar-refractivity contribution is 0.102. The van der Waals surface area contributed by atoms with Crippen molar-refractivity contribution in [3.05, 3.63) is 84.4 Å². The maximum absolute atomic E-state index is 12.9. The van der Waals surface area contributed by atoms with E-state index in [4.69, 9.17) is 5.11 Å². The third kappa shape index (κ3) is 4.25. The summed E-state index contributed by atoms with van der Waals surface area (Å²) in [7, 11) is 0. The van der Waals surface area contributed by atoms with Crippen LogP contribution in [-0.2, 0) is 6.42 Å². The number of imidazole rings is 1. The molecule has 0 aliphatic heterocycles. The third-order valence-electron chi connectivity index (χ3n) is 4.56. The Morgan fingerprint density at radius 2 is 1.97 bits per heavy atom. The molecule has 0 spiro atoms. The fourth-order valence-corrected chi connectivity index (χ4v) is 3.11. The number of aliphatic hydroxyl groups is 1. The fourth-order valence-electron chi connectivity index (χ4n) is 3.11. The van der Waals surface area contributed by atoms with Gasteiger partial charge in [0.2, 0.25) is 5.95 Å². The molecule has 0 radical (unpaired) electrons. The van der Waals surface area contributed by atoms with E-state index in [0.717, 1.165) is 22.5 Å². The number of aryl methyl sites for hydroxylation is 1. The quantitative estimate of drug-likeness (QED) is 0.453. The van der Waals surface area contributed by atoms with E-state index < -0.39 is 0 Å². The van der Waals surface area contributed by atoms with Gasteiger partial charge >= 0.3 is 0 Å². The zero-order chi connectivity index (χ0) is 20.1. The molecule has 0 saturated heterocycles. The summed E-state index contributed by atoms with van der Waals surface area (Å²) in [6, 6.07) is 17.1. The summed E-state index contributed by atoms with van der Waals surface area (Å²) in [6.07, 6.45) is 6.64. The predicted molar refractivity (Wildman–Crippen MR) is 111 cm³/mol. The highest BCUT2D eigenvalue weighted by atomic mass is 16.2. The predicted octanol–water partition coefficient (Wildman–Crippen LogP) is 3.44. The van der Waals surface area contributed by atoms with Crippen molar-refractivity contribution in [2.75, 3.05) is 11.9 Å². The van der Waals surface area contributed by atoms with Crippen molar-refractivity contribution in [3.8, 4) is 16.8 Å². The highest BCUT2D eigenvalue weighted by molar-refractivity contribution is 6.04. The lowest BCUT2D eigenvalue weighted by Crippen LogP contribution is -2.15. The van der Waals surface area contributed by atoms with Crippen LogP contribution < -0.4 is 5.32 Å². The number of benzene rings is 2. The standard InChI is InChI=1S/C22H21N5O2/c28-11-5-8-19-15-27(20-9-2-1-3-10-20)22(25-19)26-21(29)17-7-4-6-16(12-17)18-13-23-24-14-18/h1-4,6-7,9-10,12-15,28H,5,8,11H2,(H,23,24)(H,25,26,29). The molecule has 7 heteroatoms. The molecule has 0 aliphatic rings. The molecule has 146 valence electrons. The van der Waals surface area contributed by atoms with Gasteiger partial charge in [-0.15, -0.1) is 0 Å². The van der Waals surface area contributed by atoms with E-state index in [9.17, 15) is 4.79 Å². The van der Waals surface area contributed by atoms with E-state index in [1.54, 1.807) is 18.5 Å². The van der Waals surface area contributed by atoms with Gasteiger partial charge < -0.3 is 5.11 Å². The number of nitrogens with one attached hydrogen (secondary N) is 2. The van der Waals surface area contributed by atoms with Crippen LogP contribution in [0, 0.1) is 0 Å². The summed E-state index contributed by atoms with van der Waals surface area (Å²) < 4.78 is 1.85. The molecule has 0 unspecified atom stereocenters. The van der Waals surface area contributed by atoms with Crippen LogP contribution in [0.4, 0.5) is 5.95 Å². The van der Waals surface area contributed by atoms with E-state index in [0.29, 0.717) is 24.4 Å². The van der Waals surface area contributed by atoms with Crippen LogP contribution in [0.1, 0.15) is 22.5 Å². The molecule has 2 aromatic heterocycles. The lowest BCUT2D eigenvalue weighted by Gasteiger charge is -2.09. The summed E-state index contributed by atoms with van der Waals surface area (Å²) in [5, 5.41) is 18.8. The number of amides is 1. The Hall–Kier alpha value is -3.71. The first-order valence-electron chi connectivity index (χ1n) is 9.40. The number of nitrogens with zero attached hydrogens (tertiary/aromatic N) is 3. The molecule has 0 bridgehead atoms. The van der Waals surface area contributed by atoms with Gasteiger partial charge in [-0.25, -0.2) is 4.98 Å². The van der Waals surface area contributed by atoms with Crippen LogP contribution in [0.2, 0.25) is 0 Å². The van der Waals surface area contributed by atoms with Crippen LogP contribution in [0.3, 0.4) is 0 Å². The summed E-state index contributed by atoms with van der Waals surface area (Å²) in [5.41, 5.74) is 4.06. The molecule has 4 aromatic rings. The number of carbonyl (C=O) groups excluding carboxylic acids is 1. The third-order valence-corrected chi connectivity index (χ3v) is 4.56. The van der Waals surface area contributed by atoms with Crippen molar-refractivity contribution in [2.45, 2.75) is 12.8 Å². The van der Waals surface area contributed by atoms with Crippen LogP contribution in [0.15, 0.2) is 73.2 Å². The molecule has 4 rings (SSSR count). The molecule has 2 heterocycles. The Morgan fingerprint density at radius 1 is 1.10 bits per heavy atom. The maximum Gasteiger partial charge on any atom is 0.258 e. The minimum absolute atomic E-state index is 0.0979. The summed E-state index contributed by atoms with van der Waals surface area (Å²) in [4.78, 5) is 17.5. The van der Waals surface area contributed by atoms with E-state index in [2.05, 4.69) is 20.5 Å². The Balaban J connectivity index is 1.62. The van der Waals surface area contributed by atoms with Crippen molar-refractivity contribution < 1.29 is 9.90 Å². The Labute approximate surface area is 168 Å². The van der Waals surface area contributed by atoms with E-state index in [-0.39, 0.29) is 12.5 Å². The van der Waals surface area contributed by atoms with Crippen molar-refractivity contribution in [3.63, 3.8) is 0 Å². The van der Waals surface area contributed by atoms with Gasteiger partial charge in [-0.1, -0.05) is 30.3 Å². The number of H-pyrrole nitrogens is 1. The molecule has 0 fully saturated rings. The Bertz CT molecular complexity index is 1090. The molecule has 0 atom stereocenters. The van der Waals surface area contributed by atoms with Crippen molar-refractivity contribution in [1.82, 2.24) is 19.7 Å². The average Bonchev–Trinajstić information content (AvgIpc) is 3.43. The van der Waals surface area contributed by atoms with Gasteiger partial charge in [0.15, 0.2) is 0 Å². The number of hydrogen-bond donors (Lipinski definition) is 3. The van der Waals surface area contributed by atoms with Gasteiger partial charge in [0, 0.05) is 35.8 Å². The molecule has 0 saturated carbocycles. The topological polar surface area (TPSA) is 95.8 Å². The normalized spacial score (nSPS) is 10.8. The van der Waals surface area contributed by atoms with Crippen LogP contribution in [0.5, 0.6) is 0 Å². The van der Waals surface area contributed by atoms with Gasteiger partial charge in [-0.2, -0.15) is 5.10 Å². The van der Waals surface area contributed by atoms with Crippen LogP contribution in [-0.4, -0.2) is 37.4 Å². The first kappa shape index (κ1) is 18.6. The molecular weight excluding hydrogens is 366 g/mol. The zero-order valence-corrected chi connectivity index (χ0v) is 15.7. The first-order valence-corrected chi connectivity index (χ1v) is 9.40. The second kappa shape index (κ2) is 8.53. The number of carbonyl (C=O) groups is 1. The second-order valence-corrected chi connectivity index (χ2v) is 6.61. The minimum Gasteiger partial charge on any atom is -0.396 e. The number of hydrogen-bond acceptors (Lipinski definition) is 4. The number of aromatic amines is 1. The highest BCUT2D eigenvalue weighted by Gasteiger charge is 2.14. The number of para-hydroxylation sites is 1. The van der Waals surface area contributed by atoms with Crippen molar-refractivity contribution >= 4 is 11.9 Å². The Morgan fingerprint density at radius 3 is 2.72 bits per heavy atom. The number of rotatable bonds is 7. The first-order chi connectivity index (χ1) is 14.2. The number of aliphatic hydroxyl groups excluding tert-OH is 1. The van der Waals surface area contributed by atoms with E-state index >= 15 is 0 Å². The van der Waals surface area contributed by atoms with Gasteiger partial charge in [-0.3, -0.25) is 19.8 Å². The second-order valence-electron chi connectivity index (χ2n) is 6.61. The van der Waals surface area contributed by atoms with Crippen molar-refractivity contribution in [2.24, 2.45) is 0 Å². The molecule has 1 amide bonds. The molecule has 2 aromatic carbocycles. The highest BCUT2D eigenvalue weighted by Crippen LogP contribution is 2.21. The van der Waals surface area contributed by atoms with Crippen molar-refractivity contribution in [1.29, 1.82) is 0 Å². The van der Waals surface area contributed by atoms with E-state index in [1.807, 2.05) is 59.3 Å². The largest absolute Gasteiger partial charge is 0.396 e. The maximum atomic E-state index is 12.9. The van der Waals surface area contributed by atoms with Crippen LogP contribution in [0.25, 0.3) is 16.8 Å². The number of aromatic nitrogens is 4. The summed E-state index contributed by atoms with van der Waals surface area (Å²) in [5.74, 6) is 0.203. The molecule has 29 heavy (non-hydrogen) atoms. The smallest absolute Gasteiger partial charge is 0.258 e. The summed E-state index contributed by atoms with van der Waals surface area (Å²) in [6.45, 7) is 0.0979. The lowest BCUT2D eigenvalue weighted by atomic mass is 10.1. The summed E-state index contributed by atoms with van der Waals surface area (Å²) >= 11 is 0. The van der Waals surface area contributed by atoms with Gasteiger partial charge in [-0.05, 0) is 42.7 Å². The number of anilines is 1. The van der Waals surface area contributed by atoms with Gasteiger partial charge in [0.25, 0.3) is 5.91 Å². The van der Waals surface area contributed by atoms with Gasteiger partial charge in [0.1, 0.15) is 0 Å². The monoisotopic (exact) mass is 387 g/mol. The molecular formula is C22H21N5O2. The van der Waals surface area contributed by atoms with Gasteiger partial charge in [0.05, 0.1) is 11.9 Å². The fraction of sp³-hybridized carbons (Fsp3) is 0.136. The zero-order valence-electron chi connectivity index (χ0n) is 15.7. The average molecular weight is 387 g/mol. The minimum atomic E-state index is -0.244.